The third-order valence-electron chi connectivity index (χ3n) is 4.93. The highest BCUT2D eigenvalue weighted by atomic mass is 35.5. The zero-order valence-electron chi connectivity index (χ0n) is 15.1. The molecule has 1 aliphatic heterocycles. The lowest BCUT2D eigenvalue weighted by atomic mass is 9.93. The average molecular weight is 454 g/mol. The van der Waals surface area contributed by atoms with Gasteiger partial charge in [0.2, 0.25) is 5.91 Å². The molecule has 2 fully saturated rings. The minimum Gasteiger partial charge on any atom is -0.382 e. The number of benzene rings is 1. The lowest BCUT2D eigenvalue weighted by Gasteiger charge is -2.26. The standard InChI is InChI=1S/C18H17Cl2N5O3S/c19-18(20)5-3-9(4-6-18)14-16(27)25(17(28)29-14)8-13(26)22-10-1-2-11-12(7-10)23-24-15(11)21/h1-2,7H,3-6,8H2,(H,22,26)(H3,21,23,24). The molecular formula is C18H17Cl2N5O3S. The maximum Gasteiger partial charge on any atom is 0.294 e. The van der Waals surface area contributed by atoms with Crippen LogP contribution in [0, 0.1) is 0 Å². The van der Waals surface area contributed by atoms with Gasteiger partial charge in [-0.15, -0.1) is 23.2 Å². The molecule has 1 saturated carbocycles. The number of aromatic nitrogens is 2. The van der Waals surface area contributed by atoms with Crippen molar-refractivity contribution < 1.29 is 14.4 Å². The van der Waals surface area contributed by atoms with E-state index in [2.05, 4.69) is 15.5 Å². The lowest BCUT2D eigenvalue weighted by molar-refractivity contribution is -0.127. The van der Waals surface area contributed by atoms with E-state index in [4.69, 9.17) is 28.9 Å². The molecule has 0 spiro atoms. The molecule has 0 bridgehead atoms. The summed E-state index contributed by atoms with van der Waals surface area (Å²) in [4.78, 5) is 38.7. The number of carbonyl (C=O) groups excluding carboxylic acids is 3. The first-order chi connectivity index (χ1) is 13.7. The Kier molecular flexibility index (Phi) is 5.22. The lowest BCUT2D eigenvalue weighted by Crippen LogP contribution is -2.36. The van der Waals surface area contributed by atoms with E-state index in [9.17, 15) is 14.4 Å². The van der Waals surface area contributed by atoms with Crippen LogP contribution in [0.15, 0.2) is 28.7 Å². The van der Waals surface area contributed by atoms with Crippen molar-refractivity contribution in [2.75, 3.05) is 17.6 Å². The second-order valence-corrected chi connectivity index (χ2v) is 9.57. The Morgan fingerprint density at radius 3 is 2.76 bits per heavy atom. The van der Waals surface area contributed by atoms with Gasteiger partial charge in [0, 0.05) is 11.1 Å². The summed E-state index contributed by atoms with van der Waals surface area (Å²) in [5.74, 6) is -0.555. The molecule has 2 aromatic rings. The van der Waals surface area contributed by atoms with Crippen molar-refractivity contribution in [3.63, 3.8) is 0 Å². The predicted molar refractivity (Wildman–Crippen MR) is 114 cm³/mol. The van der Waals surface area contributed by atoms with Crippen LogP contribution in [0.4, 0.5) is 16.3 Å². The van der Waals surface area contributed by atoms with Crippen LogP contribution in [0.1, 0.15) is 25.7 Å². The van der Waals surface area contributed by atoms with E-state index >= 15 is 0 Å². The molecule has 0 atom stereocenters. The van der Waals surface area contributed by atoms with Gasteiger partial charge in [-0.2, -0.15) is 5.10 Å². The van der Waals surface area contributed by atoms with Crippen LogP contribution in [0.2, 0.25) is 0 Å². The number of amides is 3. The number of nitrogens with zero attached hydrogens (tertiary/aromatic N) is 2. The Morgan fingerprint density at radius 1 is 1.31 bits per heavy atom. The number of carbonyl (C=O) groups is 3. The van der Waals surface area contributed by atoms with E-state index in [1.165, 1.54) is 0 Å². The van der Waals surface area contributed by atoms with E-state index in [-0.39, 0.29) is 6.54 Å². The molecule has 11 heteroatoms. The van der Waals surface area contributed by atoms with Gasteiger partial charge in [0.1, 0.15) is 10.9 Å². The maximum atomic E-state index is 12.7. The van der Waals surface area contributed by atoms with Crippen LogP contribution in [0.25, 0.3) is 10.9 Å². The number of allylic oxidation sites excluding steroid dienone is 1. The Morgan fingerprint density at radius 2 is 2.03 bits per heavy atom. The first-order valence-corrected chi connectivity index (χ1v) is 10.5. The third kappa shape index (κ3) is 4.08. The number of rotatable bonds is 3. The molecule has 1 aromatic carbocycles. The summed E-state index contributed by atoms with van der Waals surface area (Å²) in [6, 6.07) is 5.08. The van der Waals surface area contributed by atoms with E-state index in [0.717, 1.165) is 27.6 Å². The summed E-state index contributed by atoms with van der Waals surface area (Å²) in [7, 11) is 0. The maximum absolute atomic E-state index is 12.7. The van der Waals surface area contributed by atoms with Crippen molar-refractivity contribution in [2.24, 2.45) is 0 Å². The summed E-state index contributed by atoms with van der Waals surface area (Å²) in [6.45, 7) is -0.362. The number of H-pyrrole nitrogens is 1. The van der Waals surface area contributed by atoms with Gasteiger partial charge in [0.25, 0.3) is 11.1 Å². The molecule has 3 amide bonds. The zero-order valence-corrected chi connectivity index (χ0v) is 17.5. The van der Waals surface area contributed by atoms with E-state index in [1.807, 2.05) is 0 Å². The predicted octanol–water partition coefficient (Wildman–Crippen LogP) is 3.78. The minimum absolute atomic E-state index is 0.362. The molecule has 1 saturated heterocycles. The van der Waals surface area contributed by atoms with Gasteiger partial charge >= 0.3 is 0 Å². The highest BCUT2D eigenvalue weighted by molar-refractivity contribution is 8.18. The smallest absolute Gasteiger partial charge is 0.294 e. The number of halogens is 2. The van der Waals surface area contributed by atoms with Crippen molar-refractivity contribution in [2.45, 2.75) is 30.0 Å². The monoisotopic (exact) mass is 453 g/mol. The number of fused-ring (bicyclic) bond motifs is 1. The number of thioether (sulfide) groups is 1. The normalized spacial score (nSPS) is 19.3. The van der Waals surface area contributed by atoms with Crippen molar-refractivity contribution in [1.29, 1.82) is 0 Å². The van der Waals surface area contributed by atoms with Crippen LogP contribution in [-0.2, 0) is 9.59 Å². The molecule has 29 heavy (non-hydrogen) atoms. The summed E-state index contributed by atoms with van der Waals surface area (Å²) in [5.41, 5.74) is 7.77. The number of hydrogen-bond acceptors (Lipinski definition) is 6. The topological polar surface area (TPSA) is 121 Å². The second kappa shape index (κ2) is 7.55. The number of alkyl halides is 2. The van der Waals surface area contributed by atoms with E-state index in [0.29, 0.717) is 47.6 Å². The molecule has 1 aromatic heterocycles. The Hall–Kier alpha value is -2.23. The van der Waals surface area contributed by atoms with Crippen molar-refractivity contribution in [3.05, 3.63) is 28.7 Å². The number of imide groups is 1. The highest BCUT2D eigenvalue weighted by Crippen LogP contribution is 2.44. The van der Waals surface area contributed by atoms with Crippen LogP contribution >= 0.6 is 35.0 Å². The summed E-state index contributed by atoms with van der Waals surface area (Å²) < 4.78 is -0.791. The fourth-order valence-electron chi connectivity index (χ4n) is 3.36. The average Bonchev–Trinajstić information content (AvgIpc) is 3.16. The molecule has 4 rings (SSSR count). The van der Waals surface area contributed by atoms with Gasteiger partial charge < -0.3 is 11.1 Å². The first kappa shape index (κ1) is 20.1. The zero-order chi connectivity index (χ0) is 20.8. The molecular weight excluding hydrogens is 437 g/mol. The molecule has 2 aliphatic rings. The van der Waals surface area contributed by atoms with E-state index < -0.39 is 21.4 Å². The first-order valence-electron chi connectivity index (χ1n) is 8.90. The fourth-order valence-corrected chi connectivity index (χ4v) is 4.71. The minimum atomic E-state index is -0.791. The molecule has 8 nitrogen and oxygen atoms in total. The van der Waals surface area contributed by atoms with Crippen molar-refractivity contribution in [1.82, 2.24) is 15.1 Å². The number of anilines is 2. The number of nitrogens with two attached hydrogens (primary N) is 1. The van der Waals surface area contributed by atoms with E-state index in [1.54, 1.807) is 18.2 Å². The Bertz CT molecular complexity index is 1050. The number of nitrogen functional groups attached to an aromatic ring is 1. The molecule has 4 N–H and O–H groups in total. The SMILES string of the molecule is Nc1n[nH]c2cc(NC(=O)CN3C(=O)SC(=C4CCC(Cl)(Cl)CC4)C3=O)ccc12. The quantitative estimate of drug-likeness (QED) is 0.480. The molecule has 0 unspecified atom stereocenters. The molecule has 1 aliphatic carbocycles. The summed E-state index contributed by atoms with van der Waals surface area (Å²) in [5, 5.41) is 9.63. The largest absolute Gasteiger partial charge is 0.382 e. The van der Waals surface area contributed by atoms with Crippen LogP contribution in [0.3, 0.4) is 0 Å². The molecule has 0 radical (unpaired) electrons. The van der Waals surface area contributed by atoms with Crippen LogP contribution < -0.4 is 11.1 Å². The highest BCUT2D eigenvalue weighted by Gasteiger charge is 2.40. The Labute approximate surface area is 180 Å². The van der Waals surface area contributed by atoms with Gasteiger partial charge in [0.15, 0.2) is 5.82 Å². The van der Waals surface area contributed by atoms with Gasteiger partial charge in [-0.1, -0.05) is 5.57 Å². The van der Waals surface area contributed by atoms with Gasteiger partial charge in [-0.05, 0) is 55.6 Å². The van der Waals surface area contributed by atoms with Crippen molar-refractivity contribution in [3.8, 4) is 0 Å². The number of hydrogen-bond donors (Lipinski definition) is 3. The van der Waals surface area contributed by atoms with Gasteiger partial charge in [-0.25, -0.2) is 0 Å². The van der Waals surface area contributed by atoms with Crippen molar-refractivity contribution >= 4 is 74.4 Å². The van der Waals surface area contributed by atoms with Crippen LogP contribution in [-0.4, -0.2) is 43.0 Å². The third-order valence-corrected chi connectivity index (χ3v) is 6.75. The summed E-state index contributed by atoms with van der Waals surface area (Å²) in [6.07, 6.45) is 2.17. The Balaban J connectivity index is 1.43. The number of nitrogens with one attached hydrogen (secondary N) is 2. The van der Waals surface area contributed by atoms with Gasteiger partial charge in [0.05, 0.1) is 10.4 Å². The summed E-state index contributed by atoms with van der Waals surface area (Å²) >= 11 is 13.1. The number of aromatic amines is 1. The second-order valence-electron chi connectivity index (χ2n) is 6.97. The molecule has 2 heterocycles. The van der Waals surface area contributed by atoms with Gasteiger partial charge in [-0.3, -0.25) is 24.4 Å². The fraction of sp³-hybridized carbons (Fsp3) is 0.333. The van der Waals surface area contributed by atoms with Crippen LogP contribution in [0.5, 0.6) is 0 Å². The molecule has 152 valence electrons.